The molecule has 0 atom stereocenters. The lowest BCUT2D eigenvalue weighted by Crippen LogP contribution is -2.12. The van der Waals surface area contributed by atoms with E-state index in [0.717, 1.165) is 6.07 Å². The molecule has 0 spiro atoms. The Morgan fingerprint density at radius 3 is 2.54 bits per heavy atom. The minimum absolute atomic E-state index is 0.203. The Labute approximate surface area is 136 Å². The van der Waals surface area contributed by atoms with Crippen LogP contribution in [0.2, 0.25) is 0 Å². The van der Waals surface area contributed by atoms with Crippen LogP contribution in [0.3, 0.4) is 0 Å². The first kappa shape index (κ1) is 16.2. The van der Waals surface area contributed by atoms with E-state index in [9.17, 15) is 17.6 Å². The molecular formula is C18H14F4N2. The van der Waals surface area contributed by atoms with Crippen LogP contribution in [0.1, 0.15) is 11.1 Å². The van der Waals surface area contributed by atoms with Gasteiger partial charge in [0.05, 0.1) is 5.56 Å². The van der Waals surface area contributed by atoms with E-state index in [-0.39, 0.29) is 17.5 Å². The van der Waals surface area contributed by atoms with Gasteiger partial charge >= 0.3 is 6.18 Å². The average molecular weight is 334 g/mol. The quantitative estimate of drug-likeness (QED) is 0.676. The highest BCUT2D eigenvalue weighted by molar-refractivity contribution is 5.91. The van der Waals surface area contributed by atoms with Gasteiger partial charge in [0.2, 0.25) is 0 Å². The summed E-state index contributed by atoms with van der Waals surface area (Å²) in [5.41, 5.74) is 0.474. The third-order valence-corrected chi connectivity index (χ3v) is 3.75. The second-order valence-corrected chi connectivity index (χ2v) is 5.33. The number of halogens is 4. The largest absolute Gasteiger partial charge is 0.416 e. The van der Waals surface area contributed by atoms with Gasteiger partial charge in [0.15, 0.2) is 0 Å². The number of alkyl halides is 3. The number of nitrogens with one attached hydrogen (secondary N) is 1. The van der Waals surface area contributed by atoms with Crippen LogP contribution in [-0.2, 0) is 12.6 Å². The summed E-state index contributed by atoms with van der Waals surface area (Å²) in [5, 5.41) is 3.67. The van der Waals surface area contributed by atoms with E-state index in [1.54, 1.807) is 24.3 Å². The van der Waals surface area contributed by atoms with Crippen molar-refractivity contribution in [3.63, 3.8) is 0 Å². The molecule has 1 aromatic heterocycles. The molecule has 1 heterocycles. The summed E-state index contributed by atoms with van der Waals surface area (Å²) in [6, 6.07) is 11.8. The van der Waals surface area contributed by atoms with Crippen molar-refractivity contribution >= 4 is 16.6 Å². The van der Waals surface area contributed by atoms with Crippen LogP contribution in [0.15, 0.2) is 54.7 Å². The molecule has 0 aliphatic rings. The number of rotatable bonds is 4. The summed E-state index contributed by atoms with van der Waals surface area (Å²) < 4.78 is 52.7. The molecule has 6 heteroatoms. The molecule has 0 amide bonds. The van der Waals surface area contributed by atoms with Crippen molar-refractivity contribution < 1.29 is 17.6 Å². The van der Waals surface area contributed by atoms with Crippen LogP contribution in [0.4, 0.5) is 23.2 Å². The van der Waals surface area contributed by atoms with Gasteiger partial charge in [-0.05, 0) is 30.2 Å². The molecule has 0 fully saturated rings. The Morgan fingerprint density at radius 1 is 0.958 bits per heavy atom. The number of hydrogen-bond acceptors (Lipinski definition) is 2. The Kier molecular flexibility index (Phi) is 4.38. The van der Waals surface area contributed by atoms with E-state index < -0.39 is 17.6 Å². The SMILES string of the molecule is Fc1cccc2c(NCCc3ccccc3C(F)(F)F)ccnc12. The fourth-order valence-electron chi connectivity index (χ4n) is 2.64. The molecule has 0 aliphatic heterocycles. The van der Waals surface area contributed by atoms with Crippen molar-refractivity contribution in [2.24, 2.45) is 0 Å². The van der Waals surface area contributed by atoms with E-state index in [1.165, 1.54) is 24.4 Å². The second kappa shape index (κ2) is 6.47. The summed E-state index contributed by atoms with van der Waals surface area (Å²) in [6.07, 6.45) is -2.70. The maximum Gasteiger partial charge on any atom is 0.416 e. The minimum atomic E-state index is -4.37. The zero-order valence-corrected chi connectivity index (χ0v) is 12.6. The standard InChI is InChI=1S/C18H14F4N2/c19-15-7-3-5-13-16(9-11-24-17(13)15)23-10-8-12-4-1-2-6-14(12)18(20,21)22/h1-7,9,11H,8,10H2,(H,23,24). The van der Waals surface area contributed by atoms with Crippen molar-refractivity contribution in [2.75, 3.05) is 11.9 Å². The smallest absolute Gasteiger partial charge is 0.384 e. The Balaban J connectivity index is 1.78. The summed E-state index contributed by atoms with van der Waals surface area (Å²) >= 11 is 0. The highest BCUT2D eigenvalue weighted by Gasteiger charge is 2.32. The van der Waals surface area contributed by atoms with E-state index in [0.29, 0.717) is 17.6 Å². The number of nitrogens with zero attached hydrogens (tertiary/aromatic N) is 1. The third-order valence-electron chi connectivity index (χ3n) is 3.75. The number of hydrogen-bond donors (Lipinski definition) is 1. The van der Waals surface area contributed by atoms with Crippen LogP contribution in [0.25, 0.3) is 10.9 Å². The van der Waals surface area contributed by atoms with Gasteiger partial charge in [-0.3, -0.25) is 4.98 Å². The Hall–Kier alpha value is -2.63. The van der Waals surface area contributed by atoms with Crippen molar-refractivity contribution in [3.8, 4) is 0 Å². The monoisotopic (exact) mass is 334 g/mol. The lowest BCUT2D eigenvalue weighted by molar-refractivity contribution is -0.138. The molecule has 2 nitrogen and oxygen atoms in total. The lowest BCUT2D eigenvalue weighted by atomic mass is 10.0. The van der Waals surface area contributed by atoms with E-state index in [4.69, 9.17) is 0 Å². The summed E-state index contributed by atoms with van der Waals surface area (Å²) in [7, 11) is 0. The van der Waals surface area contributed by atoms with Gasteiger partial charge in [0, 0.05) is 23.8 Å². The van der Waals surface area contributed by atoms with Gasteiger partial charge < -0.3 is 5.32 Å². The molecule has 0 unspecified atom stereocenters. The van der Waals surface area contributed by atoms with Crippen molar-refractivity contribution in [1.29, 1.82) is 0 Å². The first-order chi connectivity index (χ1) is 11.5. The average Bonchev–Trinajstić information content (AvgIpc) is 2.55. The zero-order valence-electron chi connectivity index (χ0n) is 12.6. The van der Waals surface area contributed by atoms with Gasteiger partial charge in [-0.15, -0.1) is 0 Å². The fraction of sp³-hybridized carbons (Fsp3) is 0.167. The van der Waals surface area contributed by atoms with Crippen molar-refractivity contribution in [1.82, 2.24) is 4.98 Å². The molecule has 3 rings (SSSR count). The highest BCUT2D eigenvalue weighted by Crippen LogP contribution is 2.32. The molecule has 0 saturated heterocycles. The van der Waals surface area contributed by atoms with Crippen LogP contribution < -0.4 is 5.32 Å². The second-order valence-electron chi connectivity index (χ2n) is 5.33. The number of benzene rings is 2. The number of aromatic nitrogens is 1. The summed E-state index contributed by atoms with van der Waals surface area (Å²) in [4.78, 5) is 3.99. The Bertz CT molecular complexity index is 859. The van der Waals surface area contributed by atoms with Gasteiger partial charge in [0.25, 0.3) is 0 Å². The predicted molar refractivity (Wildman–Crippen MR) is 85.3 cm³/mol. The lowest BCUT2D eigenvalue weighted by Gasteiger charge is -2.14. The molecule has 3 aromatic rings. The molecule has 24 heavy (non-hydrogen) atoms. The highest BCUT2D eigenvalue weighted by atomic mass is 19.4. The molecule has 0 radical (unpaired) electrons. The van der Waals surface area contributed by atoms with Gasteiger partial charge in [0.1, 0.15) is 11.3 Å². The zero-order chi connectivity index (χ0) is 17.2. The van der Waals surface area contributed by atoms with Crippen LogP contribution in [0, 0.1) is 5.82 Å². The first-order valence-electron chi connectivity index (χ1n) is 7.39. The van der Waals surface area contributed by atoms with Crippen LogP contribution >= 0.6 is 0 Å². The maximum atomic E-state index is 13.7. The summed E-state index contributed by atoms with van der Waals surface area (Å²) in [6.45, 7) is 0.294. The minimum Gasteiger partial charge on any atom is -0.384 e. The molecule has 0 aliphatic carbocycles. The van der Waals surface area contributed by atoms with Crippen LogP contribution in [0.5, 0.6) is 0 Å². The normalized spacial score (nSPS) is 11.7. The van der Waals surface area contributed by atoms with Crippen molar-refractivity contribution in [2.45, 2.75) is 12.6 Å². The number of pyridine rings is 1. The predicted octanol–water partition coefficient (Wildman–Crippen LogP) is 5.05. The molecule has 2 aromatic carbocycles. The fourth-order valence-corrected chi connectivity index (χ4v) is 2.64. The molecule has 1 N–H and O–H groups in total. The first-order valence-corrected chi connectivity index (χ1v) is 7.39. The number of fused-ring (bicyclic) bond motifs is 1. The van der Waals surface area contributed by atoms with E-state index in [2.05, 4.69) is 10.3 Å². The molecule has 0 saturated carbocycles. The topological polar surface area (TPSA) is 24.9 Å². The van der Waals surface area contributed by atoms with Gasteiger partial charge in [-0.2, -0.15) is 13.2 Å². The molecule has 124 valence electrons. The van der Waals surface area contributed by atoms with Gasteiger partial charge in [-0.1, -0.05) is 30.3 Å². The number of para-hydroxylation sites is 1. The maximum absolute atomic E-state index is 13.7. The van der Waals surface area contributed by atoms with E-state index in [1.807, 2.05) is 0 Å². The van der Waals surface area contributed by atoms with E-state index >= 15 is 0 Å². The third kappa shape index (κ3) is 3.32. The van der Waals surface area contributed by atoms with Gasteiger partial charge in [-0.25, -0.2) is 4.39 Å². The molecular weight excluding hydrogens is 320 g/mol. The van der Waals surface area contributed by atoms with Crippen LogP contribution in [-0.4, -0.2) is 11.5 Å². The van der Waals surface area contributed by atoms with Crippen molar-refractivity contribution in [3.05, 3.63) is 71.7 Å². The molecule has 0 bridgehead atoms. The Morgan fingerprint density at radius 2 is 1.75 bits per heavy atom. The summed E-state index contributed by atoms with van der Waals surface area (Å²) in [5.74, 6) is -0.432. The number of anilines is 1.